The van der Waals surface area contributed by atoms with Crippen LogP contribution in [0.3, 0.4) is 0 Å². The largest absolute Gasteiger partial charge is 0.426 e. The number of sulfonamides is 1. The number of hydrogen-bond donors (Lipinski definition) is 3. The minimum atomic E-state index is -3.17. The van der Waals surface area contributed by atoms with Crippen LogP contribution in [-0.2, 0) is 23.0 Å². The zero-order chi connectivity index (χ0) is 18.9. The maximum absolute atomic E-state index is 11.1. The smallest absolute Gasteiger partial charge is 0.208 e. The molecular weight excluding hydrogens is 354 g/mol. The van der Waals surface area contributed by atoms with Crippen LogP contribution in [0.4, 0.5) is 0 Å². The Kier molecular flexibility index (Phi) is 5.01. The SMILES string of the molecule is CCc1nc2c(=N)n(O)c3ccccc3c2n1CCCCNS(C)(=O)=O. The van der Waals surface area contributed by atoms with Gasteiger partial charge in [0.15, 0.2) is 5.49 Å². The van der Waals surface area contributed by atoms with Crippen molar-refractivity contribution in [2.45, 2.75) is 32.7 Å². The standard InChI is InChI=1S/C17H23N5O3S/c1-3-14-20-15-16(21(14)11-7-6-10-19-26(2,24)25)12-8-4-5-9-13(12)22(23)17(15)18/h4-5,8-9,18-19,23H,3,6-7,10-11H2,1-2H3. The van der Waals surface area contributed by atoms with Crippen LogP contribution in [0.25, 0.3) is 21.9 Å². The molecule has 3 rings (SSSR count). The monoisotopic (exact) mass is 377 g/mol. The molecule has 0 amide bonds. The summed E-state index contributed by atoms with van der Waals surface area (Å²) in [5.74, 6) is 0.848. The van der Waals surface area contributed by atoms with Gasteiger partial charge in [-0.1, -0.05) is 25.1 Å². The molecule has 0 radical (unpaired) electrons. The lowest BCUT2D eigenvalue weighted by molar-refractivity contribution is 0.186. The van der Waals surface area contributed by atoms with Gasteiger partial charge in [-0.2, -0.15) is 4.73 Å². The minimum Gasteiger partial charge on any atom is -0.426 e. The van der Waals surface area contributed by atoms with E-state index in [0.29, 0.717) is 37.0 Å². The molecule has 8 nitrogen and oxygen atoms in total. The molecule has 2 aromatic heterocycles. The first-order valence-corrected chi connectivity index (χ1v) is 10.4. The number of benzene rings is 1. The number of imidazole rings is 1. The minimum absolute atomic E-state index is 0.0362. The van der Waals surface area contributed by atoms with E-state index in [1.54, 1.807) is 6.07 Å². The van der Waals surface area contributed by atoms with Crippen LogP contribution in [0.2, 0.25) is 0 Å². The molecule has 0 fully saturated rings. The fourth-order valence-corrected chi connectivity index (χ4v) is 3.70. The van der Waals surface area contributed by atoms with E-state index in [1.807, 2.05) is 25.1 Å². The summed E-state index contributed by atoms with van der Waals surface area (Å²) in [7, 11) is -3.17. The van der Waals surface area contributed by atoms with Crippen LogP contribution >= 0.6 is 0 Å². The molecule has 3 N–H and O–H groups in total. The maximum atomic E-state index is 11.1. The predicted molar refractivity (Wildman–Crippen MR) is 99.7 cm³/mol. The molecule has 1 aromatic carbocycles. The molecule has 9 heteroatoms. The summed E-state index contributed by atoms with van der Waals surface area (Å²) < 4.78 is 27.7. The summed E-state index contributed by atoms with van der Waals surface area (Å²) in [5.41, 5.74) is 1.83. The number of hydrogen-bond acceptors (Lipinski definition) is 5. The number of unbranched alkanes of at least 4 members (excludes halogenated alkanes) is 1. The van der Waals surface area contributed by atoms with Gasteiger partial charge in [0.2, 0.25) is 10.0 Å². The number of para-hydroxylation sites is 1. The Hall–Kier alpha value is -2.39. The van der Waals surface area contributed by atoms with Gasteiger partial charge in [-0.25, -0.2) is 18.1 Å². The second-order valence-corrected chi connectivity index (χ2v) is 8.11. The molecule has 0 aliphatic carbocycles. The molecule has 0 spiro atoms. The Morgan fingerprint density at radius 2 is 2.00 bits per heavy atom. The van der Waals surface area contributed by atoms with Gasteiger partial charge in [0.25, 0.3) is 0 Å². The zero-order valence-electron chi connectivity index (χ0n) is 14.9. The van der Waals surface area contributed by atoms with Crippen LogP contribution in [0, 0.1) is 5.41 Å². The van der Waals surface area contributed by atoms with E-state index in [1.165, 1.54) is 0 Å². The number of pyridine rings is 1. The number of rotatable bonds is 7. The van der Waals surface area contributed by atoms with Crippen molar-refractivity contribution in [3.63, 3.8) is 0 Å². The summed E-state index contributed by atoms with van der Waals surface area (Å²) >= 11 is 0. The molecule has 0 aliphatic rings. The number of nitrogens with one attached hydrogen (secondary N) is 2. The quantitative estimate of drug-likeness (QED) is 0.429. The summed E-state index contributed by atoms with van der Waals surface area (Å²) in [6.45, 7) is 3.07. The molecule has 0 saturated heterocycles. The Morgan fingerprint density at radius 3 is 2.69 bits per heavy atom. The average Bonchev–Trinajstić information content (AvgIpc) is 2.97. The van der Waals surface area contributed by atoms with Gasteiger partial charge in [0.1, 0.15) is 11.3 Å². The van der Waals surface area contributed by atoms with Gasteiger partial charge in [0, 0.05) is 24.9 Å². The third-order valence-electron chi connectivity index (χ3n) is 4.36. The Labute approximate surface area is 151 Å². The van der Waals surface area contributed by atoms with Crippen molar-refractivity contribution < 1.29 is 13.6 Å². The van der Waals surface area contributed by atoms with Gasteiger partial charge in [-0.05, 0) is 18.9 Å². The van der Waals surface area contributed by atoms with E-state index in [9.17, 15) is 13.6 Å². The topological polar surface area (TPSA) is 113 Å². The molecule has 0 saturated carbocycles. The van der Waals surface area contributed by atoms with E-state index in [-0.39, 0.29) is 5.49 Å². The highest BCUT2D eigenvalue weighted by Gasteiger charge is 2.16. The van der Waals surface area contributed by atoms with Crippen molar-refractivity contribution in [1.82, 2.24) is 19.0 Å². The summed E-state index contributed by atoms with van der Waals surface area (Å²) in [6.07, 6.45) is 3.33. The van der Waals surface area contributed by atoms with Gasteiger partial charge < -0.3 is 9.77 Å². The summed E-state index contributed by atoms with van der Waals surface area (Å²) in [6, 6.07) is 7.39. The highest BCUT2D eigenvalue weighted by molar-refractivity contribution is 7.88. The second-order valence-electron chi connectivity index (χ2n) is 6.28. The summed E-state index contributed by atoms with van der Waals surface area (Å²) in [4.78, 5) is 4.56. The van der Waals surface area contributed by atoms with E-state index < -0.39 is 10.0 Å². The van der Waals surface area contributed by atoms with E-state index in [0.717, 1.165) is 34.1 Å². The molecule has 2 heterocycles. The number of fused-ring (bicyclic) bond motifs is 3. The van der Waals surface area contributed by atoms with Crippen molar-refractivity contribution in [2.24, 2.45) is 0 Å². The van der Waals surface area contributed by atoms with Crippen LogP contribution < -0.4 is 10.2 Å². The van der Waals surface area contributed by atoms with Crippen LogP contribution in [0.15, 0.2) is 24.3 Å². The molecule has 0 atom stereocenters. The average molecular weight is 377 g/mol. The first-order valence-electron chi connectivity index (χ1n) is 8.55. The zero-order valence-corrected chi connectivity index (χ0v) is 15.7. The van der Waals surface area contributed by atoms with Crippen LogP contribution in [0.5, 0.6) is 0 Å². The van der Waals surface area contributed by atoms with Crippen LogP contribution in [-0.4, -0.2) is 40.7 Å². The molecule has 0 bridgehead atoms. The molecule has 26 heavy (non-hydrogen) atoms. The van der Waals surface area contributed by atoms with Crippen molar-refractivity contribution in [2.75, 3.05) is 12.8 Å². The lowest BCUT2D eigenvalue weighted by Crippen LogP contribution is -2.23. The van der Waals surface area contributed by atoms with E-state index in [4.69, 9.17) is 5.41 Å². The predicted octanol–water partition coefficient (Wildman–Crippen LogP) is 1.60. The molecular formula is C17H23N5O3S. The van der Waals surface area contributed by atoms with E-state index in [2.05, 4.69) is 14.3 Å². The highest BCUT2D eigenvalue weighted by Crippen LogP contribution is 2.24. The lowest BCUT2D eigenvalue weighted by Gasteiger charge is -2.11. The fourth-order valence-electron chi connectivity index (χ4n) is 3.18. The van der Waals surface area contributed by atoms with Crippen molar-refractivity contribution in [3.8, 4) is 0 Å². The maximum Gasteiger partial charge on any atom is 0.208 e. The lowest BCUT2D eigenvalue weighted by atomic mass is 10.2. The van der Waals surface area contributed by atoms with E-state index >= 15 is 0 Å². The Bertz CT molecular complexity index is 1110. The van der Waals surface area contributed by atoms with Crippen molar-refractivity contribution >= 4 is 32.0 Å². The number of aromatic nitrogens is 3. The third kappa shape index (κ3) is 3.45. The van der Waals surface area contributed by atoms with Gasteiger partial charge in [-0.3, -0.25) is 5.41 Å². The second kappa shape index (κ2) is 7.08. The third-order valence-corrected chi connectivity index (χ3v) is 5.09. The molecule has 0 unspecified atom stereocenters. The summed E-state index contributed by atoms with van der Waals surface area (Å²) in [5, 5.41) is 19.3. The molecule has 0 aliphatic heterocycles. The van der Waals surface area contributed by atoms with Crippen LogP contribution in [0.1, 0.15) is 25.6 Å². The van der Waals surface area contributed by atoms with Crippen molar-refractivity contribution in [1.29, 1.82) is 5.41 Å². The molecule has 140 valence electrons. The Balaban J connectivity index is 2.00. The normalized spacial score (nSPS) is 12.2. The molecule has 3 aromatic rings. The van der Waals surface area contributed by atoms with Crippen molar-refractivity contribution in [3.05, 3.63) is 35.6 Å². The highest BCUT2D eigenvalue weighted by atomic mass is 32.2. The first-order chi connectivity index (χ1) is 12.3. The van der Waals surface area contributed by atoms with Gasteiger partial charge in [0.05, 0.1) is 17.3 Å². The van der Waals surface area contributed by atoms with Gasteiger partial charge >= 0.3 is 0 Å². The number of aryl methyl sites for hydroxylation is 2. The fraction of sp³-hybridized carbons (Fsp3) is 0.412. The van der Waals surface area contributed by atoms with Gasteiger partial charge in [-0.15, -0.1) is 0 Å². The number of nitrogens with zero attached hydrogens (tertiary/aromatic N) is 3. The Morgan fingerprint density at radius 1 is 1.27 bits per heavy atom. The first kappa shape index (κ1) is 18.4.